The normalized spacial score (nSPS) is 17.9. The molecule has 1 aromatic heterocycles. The van der Waals surface area contributed by atoms with E-state index in [1.54, 1.807) is 6.07 Å². The number of carbonyl (C=O) groups excluding carboxylic acids is 1. The van der Waals surface area contributed by atoms with Gasteiger partial charge in [0.25, 0.3) is 5.91 Å². The third-order valence-corrected chi connectivity index (χ3v) is 3.58. The molecule has 21 heavy (non-hydrogen) atoms. The first-order valence-corrected chi connectivity index (χ1v) is 7.22. The Bertz CT molecular complexity index is 613. The van der Waals surface area contributed by atoms with Crippen molar-refractivity contribution in [1.82, 2.24) is 9.78 Å². The molecule has 1 aromatic carbocycles. The van der Waals surface area contributed by atoms with Crippen LogP contribution in [-0.2, 0) is 16.1 Å². The molecule has 1 amide bonds. The van der Waals surface area contributed by atoms with Gasteiger partial charge in [-0.2, -0.15) is 5.10 Å². The monoisotopic (exact) mass is 285 g/mol. The molecule has 1 N–H and O–H groups in total. The number of ether oxygens (including phenoxy) is 1. The summed E-state index contributed by atoms with van der Waals surface area (Å²) >= 11 is 0. The number of hydrogen-bond acceptors (Lipinski definition) is 3. The molecule has 1 atom stereocenters. The number of aromatic nitrogens is 2. The van der Waals surface area contributed by atoms with E-state index in [2.05, 4.69) is 41.6 Å². The minimum atomic E-state index is -0.327. The lowest BCUT2D eigenvalue weighted by Gasteiger charge is -2.08. The number of aryl methyl sites for hydroxylation is 1. The van der Waals surface area contributed by atoms with Gasteiger partial charge in [0.2, 0.25) is 0 Å². The lowest BCUT2D eigenvalue weighted by molar-refractivity contribution is -0.124. The molecule has 0 aliphatic carbocycles. The fourth-order valence-electron chi connectivity index (χ4n) is 2.39. The molecule has 1 fully saturated rings. The maximum Gasteiger partial charge on any atom is 0.254 e. The quantitative estimate of drug-likeness (QED) is 0.938. The zero-order valence-corrected chi connectivity index (χ0v) is 12.1. The molecule has 0 radical (unpaired) electrons. The van der Waals surface area contributed by atoms with Gasteiger partial charge in [-0.15, -0.1) is 0 Å². The molecule has 3 rings (SSSR count). The first kappa shape index (κ1) is 13.8. The predicted octanol–water partition coefficient (Wildman–Crippen LogP) is 2.36. The van der Waals surface area contributed by atoms with Gasteiger partial charge in [0.15, 0.2) is 5.82 Å². The van der Waals surface area contributed by atoms with Crippen LogP contribution >= 0.6 is 0 Å². The minimum Gasteiger partial charge on any atom is -0.368 e. The molecular formula is C16H19N3O2. The van der Waals surface area contributed by atoms with E-state index >= 15 is 0 Å². The number of nitrogens with zero attached hydrogens (tertiary/aromatic N) is 2. The molecule has 5 nitrogen and oxygen atoms in total. The average molecular weight is 285 g/mol. The average Bonchev–Trinajstić information content (AvgIpc) is 3.13. The van der Waals surface area contributed by atoms with Crippen molar-refractivity contribution in [3.8, 4) is 0 Å². The van der Waals surface area contributed by atoms with Crippen LogP contribution in [0.3, 0.4) is 0 Å². The Morgan fingerprint density at radius 2 is 2.19 bits per heavy atom. The highest BCUT2D eigenvalue weighted by atomic mass is 16.5. The van der Waals surface area contributed by atoms with E-state index in [4.69, 9.17) is 4.74 Å². The summed E-state index contributed by atoms with van der Waals surface area (Å²) in [6, 6.07) is 10.1. The fourth-order valence-corrected chi connectivity index (χ4v) is 2.39. The highest BCUT2D eigenvalue weighted by Gasteiger charge is 2.23. The Morgan fingerprint density at radius 3 is 2.90 bits per heavy atom. The first-order chi connectivity index (χ1) is 10.2. The second kappa shape index (κ2) is 6.10. The number of hydrogen-bond donors (Lipinski definition) is 1. The molecule has 0 unspecified atom stereocenters. The Morgan fingerprint density at radius 1 is 1.38 bits per heavy atom. The summed E-state index contributed by atoms with van der Waals surface area (Å²) in [5.41, 5.74) is 2.42. The summed E-state index contributed by atoms with van der Waals surface area (Å²) in [5, 5.41) is 7.17. The van der Waals surface area contributed by atoms with E-state index in [0.29, 0.717) is 19.0 Å². The maximum atomic E-state index is 11.9. The SMILES string of the molecule is Cc1ccc(Cn2ccc(NC(=O)[C@H]3CCCO3)n2)cc1. The third kappa shape index (κ3) is 3.49. The van der Waals surface area contributed by atoms with Gasteiger partial charge >= 0.3 is 0 Å². The highest BCUT2D eigenvalue weighted by molar-refractivity contribution is 5.93. The van der Waals surface area contributed by atoms with E-state index in [1.165, 1.54) is 11.1 Å². The molecule has 110 valence electrons. The van der Waals surface area contributed by atoms with Crippen LogP contribution in [-0.4, -0.2) is 28.4 Å². The van der Waals surface area contributed by atoms with Crippen molar-refractivity contribution in [3.63, 3.8) is 0 Å². The van der Waals surface area contributed by atoms with E-state index in [-0.39, 0.29) is 12.0 Å². The van der Waals surface area contributed by atoms with Crippen molar-refractivity contribution in [2.45, 2.75) is 32.4 Å². The first-order valence-electron chi connectivity index (χ1n) is 7.22. The van der Waals surface area contributed by atoms with E-state index in [9.17, 15) is 4.79 Å². The molecular weight excluding hydrogens is 266 g/mol. The number of nitrogens with one attached hydrogen (secondary N) is 1. The number of carbonyl (C=O) groups is 1. The summed E-state index contributed by atoms with van der Waals surface area (Å²) in [5.74, 6) is 0.468. The van der Waals surface area contributed by atoms with E-state index in [0.717, 1.165) is 12.8 Å². The van der Waals surface area contributed by atoms with Gasteiger partial charge < -0.3 is 10.1 Å². The Balaban J connectivity index is 1.60. The van der Waals surface area contributed by atoms with E-state index < -0.39 is 0 Å². The van der Waals surface area contributed by atoms with Crippen LogP contribution in [0.25, 0.3) is 0 Å². The number of anilines is 1. The number of amides is 1. The van der Waals surface area contributed by atoms with Crippen LogP contribution in [0.2, 0.25) is 0 Å². The Kier molecular flexibility index (Phi) is 4.01. The third-order valence-electron chi connectivity index (χ3n) is 3.58. The fraction of sp³-hybridized carbons (Fsp3) is 0.375. The van der Waals surface area contributed by atoms with Crippen molar-refractivity contribution in [2.75, 3.05) is 11.9 Å². The molecule has 1 aliphatic rings. The van der Waals surface area contributed by atoms with Gasteiger partial charge in [0.05, 0.1) is 6.54 Å². The summed E-state index contributed by atoms with van der Waals surface area (Å²) in [6.45, 7) is 3.42. The van der Waals surface area contributed by atoms with Gasteiger partial charge in [-0.3, -0.25) is 9.48 Å². The van der Waals surface area contributed by atoms with Crippen LogP contribution in [0.4, 0.5) is 5.82 Å². The lowest BCUT2D eigenvalue weighted by atomic mass is 10.1. The largest absolute Gasteiger partial charge is 0.368 e. The smallest absolute Gasteiger partial charge is 0.254 e. The second-order valence-corrected chi connectivity index (χ2v) is 5.38. The van der Waals surface area contributed by atoms with Crippen molar-refractivity contribution in [2.24, 2.45) is 0 Å². The maximum absolute atomic E-state index is 11.9. The lowest BCUT2D eigenvalue weighted by Crippen LogP contribution is -2.27. The van der Waals surface area contributed by atoms with Crippen LogP contribution in [0.15, 0.2) is 36.5 Å². The zero-order chi connectivity index (χ0) is 14.7. The van der Waals surface area contributed by atoms with Crippen LogP contribution in [0, 0.1) is 6.92 Å². The van der Waals surface area contributed by atoms with Gasteiger partial charge in [-0.25, -0.2) is 0 Å². The molecule has 1 aliphatic heterocycles. The minimum absolute atomic E-state index is 0.104. The summed E-state index contributed by atoms with van der Waals surface area (Å²) < 4.78 is 7.17. The van der Waals surface area contributed by atoms with Crippen molar-refractivity contribution < 1.29 is 9.53 Å². The molecule has 0 bridgehead atoms. The van der Waals surface area contributed by atoms with Crippen LogP contribution in [0.5, 0.6) is 0 Å². The predicted molar refractivity (Wildman–Crippen MR) is 80.1 cm³/mol. The Hall–Kier alpha value is -2.14. The van der Waals surface area contributed by atoms with Gasteiger partial charge in [-0.05, 0) is 25.3 Å². The molecule has 5 heteroatoms. The van der Waals surface area contributed by atoms with Gasteiger partial charge in [0, 0.05) is 18.9 Å². The molecule has 0 saturated carbocycles. The van der Waals surface area contributed by atoms with Crippen LogP contribution in [0.1, 0.15) is 24.0 Å². The topological polar surface area (TPSA) is 56.2 Å². The van der Waals surface area contributed by atoms with Crippen molar-refractivity contribution in [1.29, 1.82) is 0 Å². The molecule has 2 heterocycles. The highest BCUT2D eigenvalue weighted by Crippen LogP contribution is 2.14. The Labute approximate surface area is 123 Å². The van der Waals surface area contributed by atoms with Crippen molar-refractivity contribution >= 4 is 11.7 Å². The standard InChI is InChI=1S/C16H19N3O2/c1-12-4-6-13(7-5-12)11-19-9-8-15(18-19)17-16(20)14-3-2-10-21-14/h4-9,14H,2-3,10-11H2,1H3,(H,17,18,20)/t14-/m1/s1. The number of benzene rings is 1. The summed E-state index contributed by atoms with van der Waals surface area (Å²) in [6.07, 6.45) is 3.27. The summed E-state index contributed by atoms with van der Waals surface area (Å²) in [4.78, 5) is 11.9. The van der Waals surface area contributed by atoms with Gasteiger partial charge in [0.1, 0.15) is 6.10 Å². The van der Waals surface area contributed by atoms with Gasteiger partial charge in [-0.1, -0.05) is 29.8 Å². The molecule has 2 aromatic rings. The molecule has 0 spiro atoms. The summed E-state index contributed by atoms with van der Waals surface area (Å²) in [7, 11) is 0. The van der Waals surface area contributed by atoms with Crippen molar-refractivity contribution in [3.05, 3.63) is 47.7 Å². The second-order valence-electron chi connectivity index (χ2n) is 5.38. The zero-order valence-electron chi connectivity index (χ0n) is 12.1. The van der Waals surface area contributed by atoms with E-state index in [1.807, 2.05) is 10.9 Å². The van der Waals surface area contributed by atoms with Crippen LogP contribution < -0.4 is 5.32 Å². The molecule has 1 saturated heterocycles. The number of rotatable bonds is 4.